The van der Waals surface area contributed by atoms with Crippen LogP contribution in [0, 0.1) is 18.3 Å². The summed E-state index contributed by atoms with van der Waals surface area (Å²) in [4.78, 5) is 13.2. The number of amides is 1. The highest BCUT2D eigenvalue weighted by Crippen LogP contribution is 2.28. The summed E-state index contributed by atoms with van der Waals surface area (Å²) in [6, 6.07) is 5.76. The Morgan fingerprint density at radius 2 is 2.10 bits per heavy atom. The van der Waals surface area contributed by atoms with Crippen molar-refractivity contribution in [2.75, 3.05) is 6.54 Å². The van der Waals surface area contributed by atoms with Gasteiger partial charge in [-0.1, -0.05) is 18.2 Å². The Bertz CT molecular complexity index is 548. The van der Waals surface area contributed by atoms with Gasteiger partial charge in [-0.15, -0.1) is 25.5 Å². The fraction of sp³-hybridized carbons (Fsp3) is 0.357. The van der Waals surface area contributed by atoms with E-state index in [0.29, 0.717) is 12.1 Å². The minimum Gasteiger partial charge on any atom is -0.405 e. The van der Waals surface area contributed by atoms with Crippen LogP contribution in [0.15, 0.2) is 24.3 Å². The molecule has 6 heteroatoms. The lowest BCUT2D eigenvalue weighted by molar-refractivity contribution is -0.275. The molecule has 1 fully saturated rings. The number of terminal acetylenes is 1. The minimum atomic E-state index is -4.76. The number of carbonyl (C=O) groups is 1. The second-order valence-electron chi connectivity index (χ2n) is 4.50. The van der Waals surface area contributed by atoms with Crippen molar-refractivity contribution >= 4 is 5.91 Å². The van der Waals surface area contributed by atoms with E-state index in [4.69, 9.17) is 6.42 Å². The molecule has 3 nitrogen and oxygen atoms in total. The first-order chi connectivity index (χ1) is 9.39. The Balaban J connectivity index is 2.14. The Morgan fingerprint density at radius 3 is 2.70 bits per heavy atom. The molecule has 1 amide bonds. The van der Waals surface area contributed by atoms with Crippen LogP contribution in [-0.2, 0) is 11.3 Å². The molecular formula is C14H12F3NO2. The first-order valence-electron chi connectivity index (χ1n) is 5.96. The van der Waals surface area contributed by atoms with Crippen molar-refractivity contribution in [2.45, 2.75) is 19.3 Å². The zero-order chi connectivity index (χ0) is 14.8. The van der Waals surface area contributed by atoms with Gasteiger partial charge in [-0.25, -0.2) is 0 Å². The largest absolute Gasteiger partial charge is 0.573 e. The molecule has 1 unspecified atom stereocenters. The van der Waals surface area contributed by atoms with Crippen LogP contribution in [0.25, 0.3) is 0 Å². The number of ether oxygens (including phenoxy) is 1. The highest BCUT2D eigenvalue weighted by molar-refractivity contribution is 5.79. The number of rotatable bonds is 3. The molecule has 1 atom stereocenters. The zero-order valence-corrected chi connectivity index (χ0v) is 10.5. The third kappa shape index (κ3) is 3.44. The van der Waals surface area contributed by atoms with Crippen LogP contribution in [0.3, 0.4) is 0 Å². The Morgan fingerprint density at radius 1 is 1.40 bits per heavy atom. The Hall–Kier alpha value is -2.16. The predicted molar refractivity (Wildman–Crippen MR) is 65.5 cm³/mol. The first-order valence-corrected chi connectivity index (χ1v) is 5.96. The third-order valence-electron chi connectivity index (χ3n) is 3.01. The van der Waals surface area contributed by atoms with Gasteiger partial charge in [0.05, 0.1) is 0 Å². The number of halogens is 3. The normalized spacial score (nSPS) is 19.0. The SMILES string of the molecule is C#CC1CC(=O)N(Cc2ccccc2OC(F)(F)F)C1. The quantitative estimate of drug-likeness (QED) is 0.798. The van der Waals surface area contributed by atoms with E-state index in [2.05, 4.69) is 10.7 Å². The van der Waals surface area contributed by atoms with Crippen LogP contribution in [0.2, 0.25) is 0 Å². The molecule has 2 rings (SSSR count). The summed E-state index contributed by atoms with van der Waals surface area (Å²) in [5, 5.41) is 0. The van der Waals surface area contributed by atoms with Gasteiger partial charge in [-0.05, 0) is 6.07 Å². The summed E-state index contributed by atoms with van der Waals surface area (Å²) in [5.41, 5.74) is 0.302. The molecule has 106 valence electrons. The lowest BCUT2D eigenvalue weighted by Crippen LogP contribution is -2.25. The number of likely N-dealkylation sites (tertiary alicyclic amines) is 1. The van der Waals surface area contributed by atoms with Gasteiger partial charge in [0.2, 0.25) is 5.91 Å². The fourth-order valence-electron chi connectivity index (χ4n) is 2.10. The van der Waals surface area contributed by atoms with Gasteiger partial charge in [-0.3, -0.25) is 4.79 Å². The summed E-state index contributed by atoms with van der Waals surface area (Å²) in [7, 11) is 0. The average Bonchev–Trinajstić information content (AvgIpc) is 2.71. The Kier molecular flexibility index (Phi) is 3.89. The van der Waals surface area contributed by atoms with Gasteiger partial charge in [0, 0.05) is 31.0 Å². The maximum atomic E-state index is 12.3. The fourth-order valence-corrected chi connectivity index (χ4v) is 2.10. The molecule has 20 heavy (non-hydrogen) atoms. The van der Waals surface area contributed by atoms with Gasteiger partial charge in [0.15, 0.2) is 0 Å². The molecule has 0 radical (unpaired) electrons. The molecule has 0 aliphatic carbocycles. The predicted octanol–water partition coefficient (Wildman–Crippen LogP) is 2.57. The van der Waals surface area contributed by atoms with Crippen molar-refractivity contribution in [3.63, 3.8) is 0 Å². The molecule has 1 aromatic rings. The maximum absolute atomic E-state index is 12.3. The highest BCUT2D eigenvalue weighted by Gasteiger charge is 2.33. The van der Waals surface area contributed by atoms with Crippen LogP contribution >= 0.6 is 0 Å². The highest BCUT2D eigenvalue weighted by atomic mass is 19.4. The molecule has 0 bridgehead atoms. The smallest absolute Gasteiger partial charge is 0.405 e. The van der Waals surface area contributed by atoms with Crippen molar-refractivity contribution in [1.29, 1.82) is 0 Å². The summed E-state index contributed by atoms with van der Waals surface area (Å²) in [6.07, 6.45) is 0.740. The van der Waals surface area contributed by atoms with Crippen molar-refractivity contribution < 1.29 is 22.7 Å². The zero-order valence-electron chi connectivity index (χ0n) is 10.5. The van der Waals surface area contributed by atoms with E-state index >= 15 is 0 Å². The van der Waals surface area contributed by atoms with Gasteiger partial charge in [0.25, 0.3) is 0 Å². The first kappa shape index (κ1) is 14.3. The van der Waals surface area contributed by atoms with Crippen LogP contribution in [0.5, 0.6) is 5.75 Å². The molecule has 1 aliphatic rings. The molecule has 0 N–H and O–H groups in total. The standard InChI is InChI=1S/C14H12F3NO2/c1-2-10-7-13(19)18(8-10)9-11-5-3-4-6-12(11)20-14(15,16)17/h1,3-6,10H,7-9H2. The lowest BCUT2D eigenvalue weighted by atomic mass is 10.1. The summed E-state index contributed by atoms with van der Waals surface area (Å²) in [6.45, 7) is 0.416. The number of alkyl halides is 3. The molecular weight excluding hydrogens is 271 g/mol. The van der Waals surface area contributed by atoms with E-state index in [0.717, 1.165) is 0 Å². The van der Waals surface area contributed by atoms with Crippen LogP contribution in [-0.4, -0.2) is 23.7 Å². The van der Waals surface area contributed by atoms with Crippen molar-refractivity contribution in [3.05, 3.63) is 29.8 Å². The minimum absolute atomic E-state index is 0.0588. The molecule has 0 spiro atoms. The lowest BCUT2D eigenvalue weighted by Gasteiger charge is -2.19. The second kappa shape index (κ2) is 5.45. The van der Waals surface area contributed by atoms with Crippen molar-refractivity contribution in [2.24, 2.45) is 5.92 Å². The summed E-state index contributed by atoms with van der Waals surface area (Å²) < 4.78 is 40.9. The number of hydrogen-bond donors (Lipinski definition) is 0. The van der Waals surface area contributed by atoms with Gasteiger partial charge < -0.3 is 9.64 Å². The number of benzene rings is 1. The van der Waals surface area contributed by atoms with E-state index in [-0.39, 0.29) is 30.5 Å². The molecule has 0 aromatic heterocycles. The summed E-state index contributed by atoms with van der Waals surface area (Å²) >= 11 is 0. The monoisotopic (exact) mass is 283 g/mol. The summed E-state index contributed by atoms with van der Waals surface area (Å²) in [5.74, 6) is 1.85. The van der Waals surface area contributed by atoms with E-state index in [9.17, 15) is 18.0 Å². The van der Waals surface area contributed by atoms with Crippen LogP contribution < -0.4 is 4.74 Å². The van der Waals surface area contributed by atoms with E-state index in [1.165, 1.54) is 23.1 Å². The molecule has 1 heterocycles. The molecule has 1 aliphatic heterocycles. The second-order valence-corrected chi connectivity index (χ2v) is 4.50. The van der Waals surface area contributed by atoms with E-state index < -0.39 is 6.36 Å². The third-order valence-corrected chi connectivity index (χ3v) is 3.01. The molecule has 1 aromatic carbocycles. The van der Waals surface area contributed by atoms with Gasteiger partial charge in [-0.2, -0.15) is 0 Å². The van der Waals surface area contributed by atoms with E-state index in [1.807, 2.05) is 0 Å². The topological polar surface area (TPSA) is 29.5 Å². The van der Waals surface area contributed by atoms with Gasteiger partial charge in [0.1, 0.15) is 5.75 Å². The van der Waals surface area contributed by atoms with Gasteiger partial charge >= 0.3 is 6.36 Å². The van der Waals surface area contributed by atoms with Crippen LogP contribution in [0.4, 0.5) is 13.2 Å². The molecule has 1 saturated heterocycles. The molecule has 0 saturated carbocycles. The average molecular weight is 283 g/mol. The number of carbonyl (C=O) groups excluding carboxylic acids is 1. The maximum Gasteiger partial charge on any atom is 0.573 e. The van der Waals surface area contributed by atoms with E-state index in [1.54, 1.807) is 6.07 Å². The number of para-hydroxylation sites is 1. The van der Waals surface area contributed by atoms with Crippen molar-refractivity contribution in [1.82, 2.24) is 4.90 Å². The number of hydrogen-bond acceptors (Lipinski definition) is 2. The number of nitrogens with zero attached hydrogens (tertiary/aromatic N) is 1. The van der Waals surface area contributed by atoms with Crippen LogP contribution in [0.1, 0.15) is 12.0 Å². The Labute approximate surface area is 114 Å². The van der Waals surface area contributed by atoms with Crippen molar-refractivity contribution in [3.8, 4) is 18.1 Å².